The summed E-state index contributed by atoms with van der Waals surface area (Å²) in [6.45, 7) is 7.03. The molecule has 108 valence electrons. The van der Waals surface area contributed by atoms with Crippen molar-refractivity contribution in [2.45, 2.75) is 33.1 Å². The number of aryl methyl sites for hydroxylation is 1. The summed E-state index contributed by atoms with van der Waals surface area (Å²) in [5, 5.41) is 13.3. The summed E-state index contributed by atoms with van der Waals surface area (Å²) in [6, 6.07) is 1.91. The number of halogens is 1. The van der Waals surface area contributed by atoms with Crippen LogP contribution >= 0.6 is 12.4 Å². The standard InChI is InChI=1S/C13H22N4O.ClH/c1-10-7-11(17-16-10)8-12(18)15-9-13(2)3-5-14-6-4-13;/h7,14H,3-6,8-9H2,1-2H3,(H,15,18)(H,16,17);1H. The Morgan fingerprint density at radius 1 is 1.47 bits per heavy atom. The topological polar surface area (TPSA) is 69.8 Å². The van der Waals surface area contributed by atoms with E-state index in [0.29, 0.717) is 6.42 Å². The van der Waals surface area contributed by atoms with Gasteiger partial charge in [-0.25, -0.2) is 0 Å². The minimum absolute atomic E-state index is 0. The summed E-state index contributed by atoms with van der Waals surface area (Å²) in [7, 11) is 0. The first-order valence-corrected chi connectivity index (χ1v) is 6.56. The molecule has 19 heavy (non-hydrogen) atoms. The van der Waals surface area contributed by atoms with Crippen molar-refractivity contribution >= 4 is 18.3 Å². The SMILES string of the molecule is Cc1cc(CC(=O)NCC2(C)CCNCC2)n[nH]1.Cl. The average molecular weight is 287 g/mol. The van der Waals surface area contributed by atoms with E-state index in [9.17, 15) is 4.79 Å². The molecule has 3 N–H and O–H groups in total. The molecule has 2 rings (SSSR count). The van der Waals surface area contributed by atoms with E-state index >= 15 is 0 Å². The molecule has 1 fully saturated rings. The van der Waals surface area contributed by atoms with Gasteiger partial charge in [0.1, 0.15) is 0 Å². The van der Waals surface area contributed by atoms with Crippen molar-refractivity contribution in [3.8, 4) is 0 Å². The van der Waals surface area contributed by atoms with Gasteiger partial charge in [-0.1, -0.05) is 6.92 Å². The third-order valence-corrected chi connectivity index (χ3v) is 3.62. The Morgan fingerprint density at radius 3 is 2.74 bits per heavy atom. The van der Waals surface area contributed by atoms with E-state index in [4.69, 9.17) is 0 Å². The van der Waals surface area contributed by atoms with Crippen molar-refractivity contribution in [1.29, 1.82) is 0 Å². The number of hydrogen-bond donors (Lipinski definition) is 3. The van der Waals surface area contributed by atoms with Crippen molar-refractivity contribution in [1.82, 2.24) is 20.8 Å². The van der Waals surface area contributed by atoms with Crippen LogP contribution in [0.3, 0.4) is 0 Å². The molecule has 1 aromatic heterocycles. The second kappa shape index (κ2) is 6.91. The van der Waals surface area contributed by atoms with Gasteiger partial charge in [-0.3, -0.25) is 9.89 Å². The first-order valence-electron chi connectivity index (χ1n) is 6.56. The Kier molecular flexibility index (Phi) is 5.82. The molecule has 0 atom stereocenters. The zero-order valence-corrected chi connectivity index (χ0v) is 12.4. The van der Waals surface area contributed by atoms with Crippen LogP contribution in [0.5, 0.6) is 0 Å². The highest BCUT2D eigenvalue weighted by molar-refractivity contribution is 5.85. The maximum Gasteiger partial charge on any atom is 0.226 e. The fourth-order valence-corrected chi connectivity index (χ4v) is 2.31. The van der Waals surface area contributed by atoms with Crippen LogP contribution in [0.15, 0.2) is 6.07 Å². The predicted octanol–water partition coefficient (Wildman–Crippen LogP) is 1.19. The number of rotatable bonds is 4. The van der Waals surface area contributed by atoms with Gasteiger partial charge in [0.2, 0.25) is 5.91 Å². The van der Waals surface area contributed by atoms with Gasteiger partial charge >= 0.3 is 0 Å². The van der Waals surface area contributed by atoms with Gasteiger partial charge in [0, 0.05) is 12.2 Å². The number of nitrogens with zero attached hydrogens (tertiary/aromatic N) is 1. The molecule has 1 saturated heterocycles. The largest absolute Gasteiger partial charge is 0.355 e. The van der Waals surface area contributed by atoms with E-state index in [0.717, 1.165) is 43.9 Å². The lowest BCUT2D eigenvalue weighted by Crippen LogP contribution is -2.43. The molecule has 0 aromatic carbocycles. The maximum atomic E-state index is 11.8. The summed E-state index contributed by atoms with van der Waals surface area (Å²) in [6.07, 6.45) is 2.60. The molecule has 1 aliphatic rings. The average Bonchev–Trinajstić information content (AvgIpc) is 2.73. The minimum Gasteiger partial charge on any atom is -0.355 e. The second-order valence-corrected chi connectivity index (χ2v) is 5.56. The highest BCUT2D eigenvalue weighted by atomic mass is 35.5. The number of carbonyl (C=O) groups excluding carboxylic acids is 1. The highest BCUT2D eigenvalue weighted by Crippen LogP contribution is 2.26. The normalized spacial score (nSPS) is 17.6. The van der Waals surface area contributed by atoms with Crippen LogP contribution in [0.4, 0.5) is 0 Å². The number of carbonyl (C=O) groups is 1. The van der Waals surface area contributed by atoms with E-state index in [2.05, 4.69) is 27.8 Å². The van der Waals surface area contributed by atoms with Crippen LogP contribution < -0.4 is 10.6 Å². The van der Waals surface area contributed by atoms with Gasteiger partial charge < -0.3 is 10.6 Å². The zero-order valence-electron chi connectivity index (χ0n) is 11.6. The number of hydrogen-bond acceptors (Lipinski definition) is 3. The highest BCUT2D eigenvalue weighted by Gasteiger charge is 2.26. The second-order valence-electron chi connectivity index (χ2n) is 5.56. The Balaban J connectivity index is 0.00000180. The third kappa shape index (κ3) is 4.84. The maximum absolute atomic E-state index is 11.8. The van der Waals surface area contributed by atoms with Gasteiger partial charge in [-0.05, 0) is 44.3 Å². The minimum atomic E-state index is 0. The first-order chi connectivity index (χ1) is 8.57. The Bertz CT molecular complexity index is 413. The van der Waals surface area contributed by atoms with Crippen molar-refractivity contribution in [2.75, 3.05) is 19.6 Å². The Morgan fingerprint density at radius 2 is 2.16 bits per heavy atom. The van der Waals surface area contributed by atoms with Crippen LogP contribution in [0.1, 0.15) is 31.2 Å². The molecular formula is C13H23ClN4O. The third-order valence-electron chi connectivity index (χ3n) is 3.62. The lowest BCUT2D eigenvalue weighted by Gasteiger charge is -2.34. The monoisotopic (exact) mass is 286 g/mol. The Labute approximate surface area is 120 Å². The number of H-pyrrole nitrogens is 1. The molecule has 5 nitrogen and oxygen atoms in total. The summed E-state index contributed by atoms with van der Waals surface area (Å²) in [5.41, 5.74) is 2.03. The molecule has 0 spiro atoms. The summed E-state index contributed by atoms with van der Waals surface area (Å²) < 4.78 is 0. The molecular weight excluding hydrogens is 264 g/mol. The van der Waals surface area contributed by atoms with Crippen molar-refractivity contribution in [3.63, 3.8) is 0 Å². The van der Waals surface area contributed by atoms with Crippen LogP contribution in [-0.4, -0.2) is 35.7 Å². The van der Waals surface area contributed by atoms with Gasteiger partial charge in [0.25, 0.3) is 0 Å². The molecule has 0 unspecified atom stereocenters. The van der Waals surface area contributed by atoms with Crippen molar-refractivity contribution in [3.05, 3.63) is 17.5 Å². The zero-order chi connectivity index (χ0) is 13.0. The number of aromatic nitrogens is 2. The van der Waals surface area contributed by atoms with Crippen molar-refractivity contribution < 1.29 is 4.79 Å². The Hall–Kier alpha value is -1.07. The number of amides is 1. The lowest BCUT2D eigenvalue weighted by molar-refractivity contribution is -0.121. The van der Waals surface area contributed by atoms with E-state index in [1.54, 1.807) is 0 Å². The molecule has 0 saturated carbocycles. The van der Waals surface area contributed by atoms with E-state index in [1.165, 1.54) is 0 Å². The molecule has 0 radical (unpaired) electrons. The van der Waals surface area contributed by atoms with Crippen LogP contribution in [0, 0.1) is 12.3 Å². The van der Waals surface area contributed by atoms with Gasteiger partial charge in [0.05, 0.1) is 12.1 Å². The molecule has 1 aliphatic heterocycles. The predicted molar refractivity (Wildman–Crippen MR) is 77.5 cm³/mol. The molecule has 2 heterocycles. The summed E-state index contributed by atoms with van der Waals surface area (Å²) in [5.74, 6) is 0.0567. The van der Waals surface area contributed by atoms with Gasteiger partial charge in [-0.2, -0.15) is 5.10 Å². The molecule has 1 amide bonds. The van der Waals surface area contributed by atoms with E-state index in [1.807, 2.05) is 13.0 Å². The molecule has 1 aromatic rings. The molecule has 6 heteroatoms. The van der Waals surface area contributed by atoms with Crippen LogP contribution in [0.25, 0.3) is 0 Å². The fourth-order valence-electron chi connectivity index (χ4n) is 2.31. The van der Waals surface area contributed by atoms with Gasteiger partial charge in [0.15, 0.2) is 0 Å². The van der Waals surface area contributed by atoms with Crippen LogP contribution in [-0.2, 0) is 11.2 Å². The van der Waals surface area contributed by atoms with Crippen LogP contribution in [0.2, 0.25) is 0 Å². The smallest absolute Gasteiger partial charge is 0.226 e. The van der Waals surface area contributed by atoms with E-state index < -0.39 is 0 Å². The lowest BCUT2D eigenvalue weighted by atomic mass is 9.81. The van der Waals surface area contributed by atoms with E-state index in [-0.39, 0.29) is 23.7 Å². The van der Waals surface area contributed by atoms with Crippen molar-refractivity contribution in [2.24, 2.45) is 5.41 Å². The summed E-state index contributed by atoms with van der Waals surface area (Å²) >= 11 is 0. The van der Waals surface area contributed by atoms with Gasteiger partial charge in [-0.15, -0.1) is 12.4 Å². The summed E-state index contributed by atoms with van der Waals surface area (Å²) in [4.78, 5) is 11.8. The quantitative estimate of drug-likeness (QED) is 0.779. The first kappa shape index (κ1) is 16.0. The molecule has 0 aliphatic carbocycles. The number of nitrogens with one attached hydrogen (secondary N) is 3. The number of piperidine rings is 1. The molecule has 0 bridgehead atoms. The fraction of sp³-hybridized carbons (Fsp3) is 0.692. The number of aromatic amines is 1.